The first-order valence-corrected chi connectivity index (χ1v) is 6.88. The van der Waals surface area contributed by atoms with Crippen molar-refractivity contribution in [2.75, 3.05) is 12.3 Å². The summed E-state index contributed by atoms with van der Waals surface area (Å²) in [7, 11) is 0. The molecule has 2 aromatic carbocycles. The lowest BCUT2D eigenvalue weighted by Crippen LogP contribution is -2.31. The van der Waals surface area contributed by atoms with Crippen molar-refractivity contribution in [1.29, 1.82) is 0 Å². The topological polar surface area (TPSA) is 46.3 Å². The van der Waals surface area contributed by atoms with Gasteiger partial charge in [0.1, 0.15) is 0 Å². The van der Waals surface area contributed by atoms with Crippen LogP contribution < -0.4 is 5.73 Å². The zero-order valence-corrected chi connectivity index (χ0v) is 12.1. The van der Waals surface area contributed by atoms with Crippen molar-refractivity contribution in [3.8, 4) is 0 Å². The second-order valence-corrected chi connectivity index (χ2v) is 4.92. The minimum Gasteiger partial charge on any atom is -0.398 e. The first-order chi connectivity index (χ1) is 9.63. The number of carbonyl (C=O) groups excluding carboxylic acids is 1. The molecule has 0 unspecified atom stereocenters. The van der Waals surface area contributed by atoms with E-state index in [4.69, 9.17) is 17.3 Å². The summed E-state index contributed by atoms with van der Waals surface area (Å²) in [6.07, 6.45) is 0. The molecule has 0 radical (unpaired) electrons. The Morgan fingerprint density at radius 1 is 1.15 bits per heavy atom. The molecule has 0 aliphatic rings. The summed E-state index contributed by atoms with van der Waals surface area (Å²) in [5.41, 5.74) is 7.75. The first kappa shape index (κ1) is 14.4. The highest BCUT2D eigenvalue weighted by Crippen LogP contribution is 2.24. The number of anilines is 1. The highest BCUT2D eigenvalue weighted by Gasteiger charge is 2.19. The van der Waals surface area contributed by atoms with Crippen LogP contribution in [-0.4, -0.2) is 17.4 Å². The van der Waals surface area contributed by atoms with Crippen LogP contribution >= 0.6 is 11.6 Å². The molecule has 0 heterocycles. The molecule has 0 spiro atoms. The van der Waals surface area contributed by atoms with E-state index in [1.807, 2.05) is 37.3 Å². The van der Waals surface area contributed by atoms with Crippen LogP contribution in [0.2, 0.25) is 5.02 Å². The van der Waals surface area contributed by atoms with E-state index >= 15 is 0 Å². The molecule has 2 rings (SSSR count). The minimum atomic E-state index is -0.139. The standard InChI is InChI=1S/C16H17ClN2O/c1-2-19(11-12-7-4-3-5-8-12)16(20)15-13(17)9-6-10-14(15)18/h3-10H,2,11,18H2,1H3. The van der Waals surface area contributed by atoms with Gasteiger partial charge in [-0.3, -0.25) is 4.79 Å². The summed E-state index contributed by atoms with van der Waals surface area (Å²) in [5.74, 6) is -0.139. The number of carbonyl (C=O) groups is 1. The minimum absolute atomic E-state index is 0.139. The fraction of sp³-hybridized carbons (Fsp3) is 0.188. The van der Waals surface area contributed by atoms with Gasteiger partial charge < -0.3 is 10.6 Å². The molecule has 0 saturated heterocycles. The molecule has 2 aromatic rings. The maximum absolute atomic E-state index is 12.6. The number of nitrogen functional groups attached to an aromatic ring is 1. The SMILES string of the molecule is CCN(Cc1ccccc1)C(=O)c1c(N)cccc1Cl. The van der Waals surface area contributed by atoms with Gasteiger partial charge in [-0.15, -0.1) is 0 Å². The molecule has 104 valence electrons. The lowest BCUT2D eigenvalue weighted by atomic mass is 10.1. The smallest absolute Gasteiger partial charge is 0.257 e. The van der Waals surface area contributed by atoms with Gasteiger partial charge >= 0.3 is 0 Å². The highest BCUT2D eigenvalue weighted by molar-refractivity contribution is 6.34. The second-order valence-electron chi connectivity index (χ2n) is 4.51. The number of rotatable bonds is 4. The lowest BCUT2D eigenvalue weighted by Gasteiger charge is -2.22. The van der Waals surface area contributed by atoms with Gasteiger partial charge in [0.15, 0.2) is 0 Å². The van der Waals surface area contributed by atoms with Crippen LogP contribution in [0.25, 0.3) is 0 Å². The summed E-state index contributed by atoms with van der Waals surface area (Å²) in [6.45, 7) is 3.08. The van der Waals surface area contributed by atoms with Crippen molar-refractivity contribution >= 4 is 23.2 Å². The van der Waals surface area contributed by atoms with Gasteiger partial charge in [-0.25, -0.2) is 0 Å². The molecule has 4 heteroatoms. The van der Waals surface area contributed by atoms with Crippen molar-refractivity contribution in [1.82, 2.24) is 4.90 Å². The average molecular weight is 289 g/mol. The predicted molar refractivity (Wildman–Crippen MR) is 82.7 cm³/mol. The maximum Gasteiger partial charge on any atom is 0.257 e. The van der Waals surface area contributed by atoms with Gasteiger partial charge in [0.2, 0.25) is 0 Å². The fourth-order valence-corrected chi connectivity index (χ4v) is 2.32. The summed E-state index contributed by atoms with van der Waals surface area (Å²) >= 11 is 6.10. The van der Waals surface area contributed by atoms with E-state index < -0.39 is 0 Å². The Balaban J connectivity index is 2.26. The van der Waals surface area contributed by atoms with Crippen molar-refractivity contribution < 1.29 is 4.79 Å². The van der Waals surface area contributed by atoms with Gasteiger partial charge in [0.05, 0.1) is 10.6 Å². The fourth-order valence-electron chi connectivity index (χ4n) is 2.06. The maximum atomic E-state index is 12.6. The van der Waals surface area contributed by atoms with E-state index in [0.717, 1.165) is 5.56 Å². The molecule has 20 heavy (non-hydrogen) atoms. The third kappa shape index (κ3) is 3.11. The predicted octanol–water partition coefficient (Wildman–Crippen LogP) is 3.58. The normalized spacial score (nSPS) is 10.3. The summed E-state index contributed by atoms with van der Waals surface area (Å²) in [4.78, 5) is 14.3. The molecule has 0 atom stereocenters. The van der Waals surface area contributed by atoms with Crippen LogP contribution in [0.5, 0.6) is 0 Å². The first-order valence-electron chi connectivity index (χ1n) is 6.50. The number of halogens is 1. The molecule has 0 fully saturated rings. The van der Waals surface area contributed by atoms with Gasteiger partial charge in [0, 0.05) is 18.8 Å². The van der Waals surface area contributed by atoms with Crippen LogP contribution in [-0.2, 0) is 6.54 Å². The number of hydrogen-bond acceptors (Lipinski definition) is 2. The molecule has 2 N–H and O–H groups in total. The number of nitrogens with zero attached hydrogens (tertiary/aromatic N) is 1. The van der Waals surface area contributed by atoms with E-state index in [1.165, 1.54) is 0 Å². The molecule has 0 saturated carbocycles. The molecule has 1 amide bonds. The van der Waals surface area contributed by atoms with E-state index in [0.29, 0.717) is 29.4 Å². The molecule has 0 aromatic heterocycles. The van der Waals surface area contributed by atoms with E-state index in [9.17, 15) is 4.79 Å². The molecular weight excluding hydrogens is 272 g/mol. The third-order valence-corrected chi connectivity index (χ3v) is 3.46. The number of nitrogens with two attached hydrogens (primary N) is 1. The number of benzene rings is 2. The molecule has 3 nitrogen and oxygen atoms in total. The molecule has 0 bridgehead atoms. The molecule has 0 aliphatic heterocycles. The van der Waals surface area contributed by atoms with Crippen LogP contribution in [0.4, 0.5) is 5.69 Å². The quantitative estimate of drug-likeness (QED) is 0.874. The molecule has 0 aliphatic carbocycles. The Hall–Kier alpha value is -2.00. The summed E-state index contributed by atoms with van der Waals surface area (Å²) in [5, 5.41) is 0.390. The van der Waals surface area contributed by atoms with Crippen LogP contribution in [0.1, 0.15) is 22.8 Å². The Morgan fingerprint density at radius 3 is 2.45 bits per heavy atom. The molecular formula is C16H17ClN2O. The highest BCUT2D eigenvalue weighted by atomic mass is 35.5. The van der Waals surface area contributed by atoms with Crippen molar-refractivity contribution in [3.63, 3.8) is 0 Å². The zero-order valence-electron chi connectivity index (χ0n) is 11.3. The van der Waals surface area contributed by atoms with Crippen LogP contribution in [0.15, 0.2) is 48.5 Å². The monoisotopic (exact) mass is 288 g/mol. The van der Waals surface area contributed by atoms with E-state index in [2.05, 4.69) is 0 Å². The third-order valence-electron chi connectivity index (χ3n) is 3.14. The number of amides is 1. The van der Waals surface area contributed by atoms with Crippen molar-refractivity contribution in [3.05, 3.63) is 64.7 Å². The Morgan fingerprint density at radius 2 is 1.85 bits per heavy atom. The Bertz CT molecular complexity index is 578. The lowest BCUT2D eigenvalue weighted by molar-refractivity contribution is 0.0754. The van der Waals surface area contributed by atoms with Crippen LogP contribution in [0.3, 0.4) is 0 Å². The van der Waals surface area contributed by atoms with Gasteiger partial charge in [-0.05, 0) is 24.6 Å². The van der Waals surface area contributed by atoms with E-state index in [-0.39, 0.29) is 5.91 Å². The summed E-state index contributed by atoms with van der Waals surface area (Å²) < 4.78 is 0. The van der Waals surface area contributed by atoms with Crippen molar-refractivity contribution in [2.24, 2.45) is 0 Å². The van der Waals surface area contributed by atoms with Crippen LogP contribution in [0, 0.1) is 0 Å². The average Bonchev–Trinajstić information content (AvgIpc) is 2.45. The number of hydrogen-bond donors (Lipinski definition) is 1. The summed E-state index contributed by atoms with van der Waals surface area (Å²) in [6, 6.07) is 15.0. The Kier molecular flexibility index (Phi) is 4.64. The second kappa shape index (κ2) is 6.44. The zero-order chi connectivity index (χ0) is 14.5. The van der Waals surface area contributed by atoms with Gasteiger partial charge in [0.25, 0.3) is 5.91 Å². The van der Waals surface area contributed by atoms with E-state index in [1.54, 1.807) is 23.1 Å². The van der Waals surface area contributed by atoms with Gasteiger partial charge in [-0.1, -0.05) is 48.0 Å². The largest absolute Gasteiger partial charge is 0.398 e. The van der Waals surface area contributed by atoms with Crippen molar-refractivity contribution in [2.45, 2.75) is 13.5 Å². The Labute approximate surface area is 124 Å². The van der Waals surface area contributed by atoms with Gasteiger partial charge in [-0.2, -0.15) is 0 Å².